The topological polar surface area (TPSA) is 73.9 Å². The van der Waals surface area contributed by atoms with E-state index in [-0.39, 0.29) is 17.7 Å². The average molecular weight is 340 g/mol. The average Bonchev–Trinajstić information content (AvgIpc) is 3.17. The molecule has 2 aliphatic heterocycles. The molecule has 138 valence electrons. The number of likely N-dealkylation sites (N-methyl/N-ethyl adjacent to an activating group) is 1. The first-order chi connectivity index (χ1) is 11.7. The van der Waals surface area contributed by atoms with Crippen LogP contribution in [0.5, 0.6) is 0 Å². The minimum absolute atomic E-state index is 0.00170. The normalized spacial score (nSPS) is 24.8. The van der Waals surface area contributed by atoms with Crippen molar-refractivity contribution in [3.8, 4) is 0 Å². The Morgan fingerprint density at radius 3 is 2.92 bits per heavy atom. The predicted molar refractivity (Wildman–Crippen MR) is 92.7 cm³/mol. The van der Waals surface area contributed by atoms with E-state index in [9.17, 15) is 9.59 Å². The molecule has 7 nitrogen and oxygen atoms in total. The van der Waals surface area contributed by atoms with Crippen molar-refractivity contribution in [1.82, 2.24) is 20.4 Å². The highest BCUT2D eigenvalue weighted by atomic mass is 16.5. The van der Waals surface area contributed by atoms with E-state index >= 15 is 0 Å². The van der Waals surface area contributed by atoms with Crippen LogP contribution in [0.2, 0.25) is 0 Å². The van der Waals surface area contributed by atoms with Gasteiger partial charge in [-0.3, -0.25) is 14.5 Å². The molecule has 0 spiro atoms. The lowest BCUT2D eigenvalue weighted by Gasteiger charge is -2.27. The zero-order valence-corrected chi connectivity index (χ0v) is 15.1. The Morgan fingerprint density at radius 1 is 1.33 bits per heavy atom. The summed E-state index contributed by atoms with van der Waals surface area (Å²) in [7, 11) is 1.66. The summed E-state index contributed by atoms with van der Waals surface area (Å²) in [6.45, 7) is 8.40. The van der Waals surface area contributed by atoms with Gasteiger partial charge < -0.3 is 20.3 Å². The van der Waals surface area contributed by atoms with Crippen molar-refractivity contribution < 1.29 is 14.3 Å². The maximum atomic E-state index is 12.2. The second-order valence-corrected chi connectivity index (χ2v) is 6.66. The summed E-state index contributed by atoms with van der Waals surface area (Å²) in [6.07, 6.45) is 2.71. The fourth-order valence-electron chi connectivity index (χ4n) is 3.61. The lowest BCUT2D eigenvalue weighted by atomic mass is 10.1. The summed E-state index contributed by atoms with van der Waals surface area (Å²) >= 11 is 0. The molecule has 0 aliphatic carbocycles. The van der Waals surface area contributed by atoms with Gasteiger partial charge >= 0.3 is 0 Å². The maximum Gasteiger partial charge on any atom is 0.225 e. The Bertz CT molecular complexity index is 419. The van der Waals surface area contributed by atoms with Gasteiger partial charge in [0.1, 0.15) is 0 Å². The smallest absolute Gasteiger partial charge is 0.225 e. The van der Waals surface area contributed by atoms with Crippen LogP contribution in [0.15, 0.2) is 0 Å². The molecule has 0 aromatic rings. The molecule has 0 aromatic heterocycles. The monoisotopic (exact) mass is 340 g/mol. The first-order valence-electron chi connectivity index (χ1n) is 9.14. The number of carbonyl (C=O) groups is 2. The quantitative estimate of drug-likeness (QED) is 0.533. The zero-order valence-electron chi connectivity index (χ0n) is 15.1. The number of hydrogen-bond acceptors (Lipinski definition) is 5. The van der Waals surface area contributed by atoms with Crippen molar-refractivity contribution >= 4 is 11.8 Å². The van der Waals surface area contributed by atoms with Gasteiger partial charge in [0.15, 0.2) is 0 Å². The van der Waals surface area contributed by atoms with Crippen LogP contribution >= 0.6 is 0 Å². The molecule has 7 heteroatoms. The molecular formula is C17H32N4O3. The molecule has 24 heavy (non-hydrogen) atoms. The summed E-state index contributed by atoms with van der Waals surface area (Å²) in [5.74, 6) is -0.0811. The van der Waals surface area contributed by atoms with Gasteiger partial charge in [0.05, 0.1) is 12.5 Å². The molecular weight excluding hydrogens is 308 g/mol. The minimum Gasteiger partial charge on any atom is -0.383 e. The first-order valence-corrected chi connectivity index (χ1v) is 9.14. The standard InChI is InChI=1S/C17H32N4O3/c1-3-20-9-4-5-15(20)13-21-12-14(11-16(21)22)17(23)19-7-6-18-8-10-24-2/h14-15,18H,3-13H2,1-2H3,(H,19,23). The molecule has 2 aliphatic rings. The van der Waals surface area contributed by atoms with Gasteiger partial charge in [-0.2, -0.15) is 0 Å². The largest absolute Gasteiger partial charge is 0.383 e. The van der Waals surface area contributed by atoms with Gasteiger partial charge in [0, 0.05) is 52.3 Å². The molecule has 0 saturated carbocycles. The van der Waals surface area contributed by atoms with Crippen LogP contribution in [0.1, 0.15) is 26.2 Å². The molecule has 2 heterocycles. The van der Waals surface area contributed by atoms with Crippen molar-refractivity contribution in [2.24, 2.45) is 5.92 Å². The van der Waals surface area contributed by atoms with Crippen LogP contribution in [-0.4, -0.2) is 87.2 Å². The number of ether oxygens (including phenoxy) is 1. The molecule has 0 bridgehead atoms. The molecule has 2 N–H and O–H groups in total. The van der Waals surface area contributed by atoms with E-state index in [2.05, 4.69) is 22.5 Å². The van der Waals surface area contributed by atoms with Gasteiger partial charge in [-0.25, -0.2) is 0 Å². The SMILES string of the molecule is CCN1CCCC1CN1CC(C(=O)NCCNCCOC)CC1=O. The molecule has 2 unspecified atom stereocenters. The van der Waals surface area contributed by atoms with Crippen LogP contribution < -0.4 is 10.6 Å². The lowest BCUT2D eigenvalue weighted by Crippen LogP contribution is -2.42. The predicted octanol–water partition coefficient (Wildman–Crippen LogP) is -0.329. The highest BCUT2D eigenvalue weighted by molar-refractivity contribution is 5.89. The number of nitrogens with zero attached hydrogens (tertiary/aromatic N) is 2. The summed E-state index contributed by atoms with van der Waals surface area (Å²) in [6, 6.07) is 0.464. The van der Waals surface area contributed by atoms with Crippen molar-refractivity contribution in [3.05, 3.63) is 0 Å². The number of likely N-dealkylation sites (tertiary alicyclic amines) is 2. The van der Waals surface area contributed by atoms with Gasteiger partial charge in [-0.15, -0.1) is 0 Å². The van der Waals surface area contributed by atoms with Gasteiger partial charge in [0.2, 0.25) is 11.8 Å². The second kappa shape index (κ2) is 9.96. The third-order valence-electron chi connectivity index (χ3n) is 5.01. The third kappa shape index (κ3) is 5.43. The minimum atomic E-state index is -0.201. The number of carbonyl (C=O) groups excluding carboxylic acids is 2. The number of nitrogens with one attached hydrogen (secondary N) is 2. The number of methoxy groups -OCH3 is 1. The summed E-state index contributed by atoms with van der Waals surface area (Å²) < 4.78 is 4.95. The van der Waals surface area contributed by atoms with E-state index in [1.807, 2.05) is 4.90 Å². The van der Waals surface area contributed by atoms with Crippen molar-refractivity contribution in [1.29, 1.82) is 0 Å². The Balaban J connectivity index is 1.68. The van der Waals surface area contributed by atoms with Crippen LogP contribution in [0.3, 0.4) is 0 Å². The van der Waals surface area contributed by atoms with Crippen LogP contribution in [0.4, 0.5) is 0 Å². The van der Waals surface area contributed by atoms with E-state index in [0.29, 0.717) is 38.7 Å². The summed E-state index contributed by atoms with van der Waals surface area (Å²) in [4.78, 5) is 28.8. The van der Waals surface area contributed by atoms with Crippen LogP contribution in [0.25, 0.3) is 0 Å². The van der Waals surface area contributed by atoms with Crippen molar-refractivity contribution in [2.75, 3.05) is 59.5 Å². The molecule has 0 radical (unpaired) electrons. The fraction of sp³-hybridized carbons (Fsp3) is 0.882. The maximum absolute atomic E-state index is 12.2. The lowest BCUT2D eigenvalue weighted by molar-refractivity contribution is -0.129. The first kappa shape index (κ1) is 19.1. The molecule has 2 saturated heterocycles. The van der Waals surface area contributed by atoms with Gasteiger partial charge in [0.25, 0.3) is 0 Å². The molecule has 2 amide bonds. The van der Waals surface area contributed by atoms with Crippen molar-refractivity contribution in [3.63, 3.8) is 0 Å². The Morgan fingerprint density at radius 2 is 2.17 bits per heavy atom. The number of amides is 2. The number of hydrogen-bond donors (Lipinski definition) is 2. The fourth-order valence-corrected chi connectivity index (χ4v) is 3.61. The highest BCUT2D eigenvalue weighted by Crippen LogP contribution is 2.23. The zero-order chi connectivity index (χ0) is 17.4. The summed E-state index contributed by atoms with van der Waals surface area (Å²) in [5.41, 5.74) is 0. The van der Waals surface area contributed by atoms with Crippen molar-refractivity contribution in [2.45, 2.75) is 32.2 Å². The summed E-state index contributed by atoms with van der Waals surface area (Å²) in [5, 5.41) is 6.11. The Labute approximate surface area is 145 Å². The highest BCUT2D eigenvalue weighted by Gasteiger charge is 2.36. The van der Waals surface area contributed by atoms with Crippen LogP contribution in [0, 0.1) is 5.92 Å². The van der Waals surface area contributed by atoms with Gasteiger partial charge in [-0.1, -0.05) is 6.92 Å². The van der Waals surface area contributed by atoms with E-state index in [4.69, 9.17) is 4.74 Å². The van der Waals surface area contributed by atoms with E-state index in [1.54, 1.807) is 7.11 Å². The molecule has 2 fully saturated rings. The number of rotatable bonds is 10. The van der Waals surface area contributed by atoms with E-state index in [1.165, 1.54) is 6.42 Å². The molecule has 2 atom stereocenters. The molecule has 2 rings (SSSR count). The molecule has 0 aromatic carbocycles. The van der Waals surface area contributed by atoms with E-state index in [0.717, 1.165) is 32.6 Å². The Kier molecular flexibility index (Phi) is 7.94. The Hall–Kier alpha value is -1.18. The third-order valence-corrected chi connectivity index (χ3v) is 5.01. The second-order valence-electron chi connectivity index (χ2n) is 6.66. The van der Waals surface area contributed by atoms with Crippen LogP contribution in [-0.2, 0) is 14.3 Å². The van der Waals surface area contributed by atoms with E-state index < -0.39 is 0 Å². The van der Waals surface area contributed by atoms with Gasteiger partial charge in [-0.05, 0) is 25.9 Å².